The molecule has 4 heteroatoms. The van der Waals surface area contributed by atoms with E-state index in [0.29, 0.717) is 18.0 Å². The molecule has 0 bridgehead atoms. The Morgan fingerprint density at radius 2 is 2.33 bits per heavy atom. The average Bonchev–Trinajstić information content (AvgIpc) is 2.01. The van der Waals surface area contributed by atoms with Crippen LogP contribution in [0.15, 0.2) is 17.1 Å². The first kappa shape index (κ1) is 9.29. The van der Waals surface area contributed by atoms with Crippen molar-refractivity contribution in [3.05, 3.63) is 33.2 Å². The Labute approximate surface area is 75.8 Å². The van der Waals surface area contributed by atoms with Crippen LogP contribution in [0.1, 0.15) is 5.56 Å². The summed E-state index contributed by atoms with van der Waals surface area (Å²) in [7, 11) is 1.67. The fraction of sp³-hybridized carbons (Fsp3) is 0.375. The molecule has 0 spiro atoms. The second kappa shape index (κ2) is 3.74. The van der Waals surface area contributed by atoms with Crippen molar-refractivity contribution in [1.29, 1.82) is 0 Å². The molecule has 1 aromatic heterocycles. The van der Waals surface area contributed by atoms with E-state index in [1.165, 1.54) is 10.6 Å². The van der Waals surface area contributed by atoms with Crippen LogP contribution < -0.4 is 11.3 Å². The van der Waals surface area contributed by atoms with Gasteiger partial charge >= 0.3 is 0 Å². The molecule has 1 rings (SSSR count). The fourth-order valence-electron chi connectivity index (χ4n) is 0.983. The lowest BCUT2D eigenvalue weighted by Crippen LogP contribution is -2.17. The largest absolute Gasteiger partial charge is 0.330 e. The summed E-state index contributed by atoms with van der Waals surface area (Å²) in [6, 6.07) is 1.52. The van der Waals surface area contributed by atoms with Crippen LogP contribution in [-0.2, 0) is 13.5 Å². The number of aromatic nitrogens is 1. The summed E-state index contributed by atoms with van der Waals surface area (Å²) < 4.78 is 1.45. The molecule has 3 nitrogen and oxygen atoms in total. The van der Waals surface area contributed by atoms with Crippen LogP contribution in [0.2, 0.25) is 5.02 Å². The van der Waals surface area contributed by atoms with Gasteiger partial charge in [0.15, 0.2) is 0 Å². The Morgan fingerprint density at radius 1 is 1.67 bits per heavy atom. The third-order valence-electron chi connectivity index (χ3n) is 1.67. The Kier molecular flexibility index (Phi) is 2.89. The zero-order chi connectivity index (χ0) is 9.14. The maximum atomic E-state index is 11.1. The van der Waals surface area contributed by atoms with Crippen molar-refractivity contribution in [1.82, 2.24) is 4.57 Å². The minimum Gasteiger partial charge on any atom is -0.330 e. The second-order valence-corrected chi connectivity index (χ2v) is 3.04. The van der Waals surface area contributed by atoms with Gasteiger partial charge in [0.25, 0.3) is 5.56 Å². The molecule has 0 saturated carbocycles. The van der Waals surface area contributed by atoms with Gasteiger partial charge in [-0.25, -0.2) is 0 Å². The molecule has 0 aromatic carbocycles. The molecule has 0 saturated heterocycles. The quantitative estimate of drug-likeness (QED) is 0.733. The van der Waals surface area contributed by atoms with Crippen molar-refractivity contribution >= 4 is 11.6 Å². The van der Waals surface area contributed by atoms with Crippen LogP contribution in [0.25, 0.3) is 0 Å². The van der Waals surface area contributed by atoms with E-state index >= 15 is 0 Å². The molecule has 66 valence electrons. The van der Waals surface area contributed by atoms with Crippen LogP contribution in [-0.4, -0.2) is 11.1 Å². The van der Waals surface area contributed by atoms with Crippen LogP contribution >= 0.6 is 11.6 Å². The van der Waals surface area contributed by atoms with E-state index in [4.69, 9.17) is 17.3 Å². The molecule has 0 atom stereocenters. The zero-order valence-electron chi connectivity index (χ0n) is 6.88. The van der Waals surface area contributed by atoms with Crippen molar-refractivity contribution in [2.75, 3.05) is 6.54 Å². The average molecular weight is 187 g/mol. The molecule has 0 aliphatic rings. The monoisotopic (exact) mass is 186 g/mol. The molecule has 0 aliphatic heterocycles. The van der Waals surface area contributed by atoms with Crippen LogP contribution in [0.5, 0.6) is 0 Å². The Bertz CT molecular complexity index is 332. The normalized spacial score (nSPS) is 10.2. The minimum atomic E-state index is -0.0529. The Hall–Kier alpha value is -0.800. The van der Waals surface area contributed by atoms with Crippen molar-refractivity contribution < 1.29 is 0 Å². The van der Waals surface area contributed by atoms with Gasteiger partial charge in [-0.05, 0) is 18.5 Å². The number of hydrogen-bond donors (Lipinski definition) is 1. The van der Waals surface area contributed by atoms with Crippen molar-refractivity contribution in [3.8, 4) is 0 Å². The van der Waals surface area contributed by atoms with E-state index in [1.54, 1.807) is 13.2 Å². The highest BCUT2D eigenvalue weighted by Gasteiger charge is 2.01. The first-order valence-electron chi connectivity index (χ1n) is 3.70. The molecule has 1 aromatic rings. The van der Waals surface area contributed by atoms with E-state index in [2.05, 4.69) is 0 Å². The van der Waals surface area contributed by atoms with E-state index in [1.807, 2.05) is 0 Å². The molecular formula is C8H11ClN2O. The van der Waals surface area contributed by atoms with Gasteiger partial charge in [-0.15, -0.1) is 0 Å². The SMILES string of the molecule is Cn1cc(Cl)c(CCN)cc1=O. The van der Waals surface area contributed by atoms with E-state index in [-0.39, 0.29) is 5.56 Å². The van der Waals surface area contributed by atoms with Gasteiger partial charge in [-0.2, -0.15) is 0 Å². The Morgan fingerprint density at radius 3 is 2.92 bits per heavy atom. The topological polar surface area (TPSA) is 48.0 Å². The second-order valence-electron chi connectivity index (χ2n) is 2.63. The minimum absolute atomic E-state index is 0.0529. The number of halogens is 1. The molecular weight excluding hydrogens is 176 g/mol. The maximum Gasteiger partial charge on any atom is 0.250 e. The van der Waals surface area contributed by atoms with E-state index in [0.717, 1.165) is 5.56 Å². The molecule has 0 amide bonds. The third kappa shape index (κ3) is 1.87. The highest BCUT2D eigenvalue weighted by molar-refractivity contribution is 6.31. The zero-order valence-corrected chi connectivity index (χ0v) is 7.64. The van der Waals surface area contributed by atoms with Gasteiger partial charge in [-0.3, -0.25) is 4.79 Å². The van der Waals surface area contributed by atoms with Gasteiger partial charge in [0.05, 0.1) is 5.02 Å². The number of aryl methyl sites for hydroxylation is 1. The van der Waals surface area contributed by atoms with Gasteiger partial charge in [0, 0.05) is 19.3 Å². The first-order chi connectivity index (χ1) is 5.65. The highest BCUT2D eigenvalue weighted by Crippen LogP contribution is 2.12. The van der Waals surface area contributed by atoms with Crippen molar-refractivity contribution in [2.45, 2.75) is 6.42 Å². The van der Waals surface area contributed by atoms with Crippen molar-refractivity contribution in [3.63, 3.8) is 0 Å². The number of rotatable bonds is 2. The van der Waals surface area contributed by atoms with Gasteiger partial charge in [0.1, 0.15) is 0 Å². The molecule has 12 heavy (non-hydrogen) atoms. The predicted octanol–water partition coefficient (Wildman–Crippen LogP) is 0.540. The number of nitrogens with two attached hydrogens (primary N) is 1. The highest BCUT2D eigenvalue weighted by atomic mass is 35.5. The summed E-state index contributed by atoms with van der Waals surface area (Å²) >= 11 is 5.86. The van der Waals surface area contributed by atoms with E-state index in [9.17, 15) is 4.79 Å². The molecule has 2 N–H and O–H groups in total. The van der Waals surface area contributed by atoms with Crippen molar-refractivity contribution in [2.24, 2.45) is 12.8 Å². The van der Waals surface area contributed by atoms with Gasteiger partial charge < -0.3 is 10.3 Å². The van der Waals surface area contributed by atoms with Gasteiger partial charge in [-0.1, -0.05) is 11.6 Å². The molecule has 0 unspecified atom stereocenters. The fourth-order valence-corrected chi connectivity index (χ4v) is 1.28. The smallest absolute Gasteiger partial charge is 0.250 e. The number of nitrogens with zero attached hydrogens (tertiary/aromatic N) is 1. The van der Waals surface area contributed by atoms with Crippen LogP contribution in [0.4, 0.5) is 0 Å². The molecule has 0 radical (unpaired) electrons. The molecule has 0 fully saturated rings. The lowest BCUT2D eigenvalue weighted by Gasteiger charge is -2.03. The summed E-state index contributed by atoms with van der Waals surface area (Å²) in [6.07, 6.45) is 2.25. The standard InChI is InChI=1S/C8H11ClN2O/c1-11-5-7(9)6(2-3-10)4-8(11)12/h4-5H,2-3,10H2,1H3. The lowest BCUT2D eigenvalue weighted by atomic mass is 10.2. The van der Waals surface area contributed by atoms with Gasteiger partial charge in [0.2, 0.25) is 0 Å². The molecule has 0 aliphatic carbocycles. The van der Waals surface area contributed by atoms with E-state index < -0.39 is 0 Å². The summed E-state index contributed by atoms with van der Waals surface area (Å²) in [5.74, 6) is 0. The summed E-state index contributed by atoms with van der Waals surface area (Å²) in [6.45, 7) is 0.507. The van der Waals surface area contributed by atoms with Crippen LogP contribution in [0.3, 0.4) is 0 Å². The summed E-state index contributed by atoms with van der Waals surface area (Å²) in [5.41, 5.74) is 6.12. The summed E-state index contributed by atoms with van der Waals surface area (Å²) in [5, 5.41) is 0.600. The van der Waals surface area contributed by atoms with Crippen LogP contribution in [0, 0.1) is 0 Å². The summed E-state index contributed by atoms with van der Waals surface area (Å²) in [4.78, 5) is 11.1. The predicted molar refractivity (Wildman–Crippen MR) is 49.5 cm³/mol. The first-order valence-corrected chi connectivity index (χ1v) is 4.08. The number of hydrogen-bond acceptors (Lipinski definition) is 2. The Balaban J connectivity index is 3.14. The molecule has 1 heterocycles. The third-order valence-corrected chi connectivity index (χ3v) is 2.01. The number of pyridine rings is 1. The lowest BCUT2D eigenvalue weighted by molar-refractivity contribution is 0.844. The maximum absolute atomic E-state index is 11.1.